The Labute approximate surface area is 170 Å². The van der Waals surface area contributed by atoms with E-state index in [1.54, 1.807) is 14.2 Å². The van der Waals surface area contributed by atoms with Crippen molar-refractivity contribution in [1.82, 2.24) is 5.32 Å². The van der Waals surface area contributed by atoms with Crippen molar-refractivity contribution in [2.24, 2.45) is 0 Å². The van der Waals surface area contributed by atoms with E-state index in [4.69, 9.17) is 29.3 Å². The number of aliphatic carboxylic acids is 2. The maximum Gasteiger partial charge on any atom is 0.414 e. The molecule has 2 aromatic carbocycles. The summed E-state index contributed by atoms with van der Waals surface area (Å²) in [6.45, 7) is 1.52. The zero-order chi connectivity index (χ0) is 21.1. The number of halogens is 2. The Morgan fingerprint density at radius 2 is 1.57 bits per heavy atom. The average Bonchev–Trinajstić information content (AvgIpc) is 2.67. The van der Waals surface area contributed by atoms with Crippen molar-refractivity contribution in [2.75, 3.05) is 20.8 Å². The van der Waals surface area contributed by atoms with Crippen LogP contribution in [0.3, 0.4) is 0 Å². The van der Waals surface area contributed by atoms with Crippen LogP contribution in [-0.2, 0) is 22.6 Å². The van der Waals surface area contributed by atoms with Gasteiger partial charge in [0, 0.05) is 11.0 Å². The number of benzene rings is 2. The molecule has 0 amide bonds. The molecule has 0 aliphatic heterocycles. The first-order valence-electron chi connectivity index (χ1n) is 8.10. The molecule has 0 unspecified atom stereocenters. The van der Waals surface area contributed by atoms with Gasteiger partial charge in [-0.25, -0.2) is 14.0 Å². The van der Waals surface area contributed by atoms with Crippen molar-refractivity contribution in [3.8, 4) is 11.5 Å². The van der Waals surface area contributed by atoms with E-state index in [-0.39, 0.29) is 5.82 Å². The molecule has 0 saturated heterocycles. The third-order valence-electron chi connectivity index (χ3n) is 3.55. The molecule has 0 aliphatic carbocycles. The highest BCUT2D eigenvalue weighted by molar-refractivity contribution is 9.10. The highest BCUT2D eigenvalue weighted by atomic mass is 79.9. The van der Waals surface area contributed by atoms with Crippen LogP contribution in [0.15, 0.2) is 40.9 Å². The van der Waals surface area contributed by atoms with Crippen LogP contribution in [0.1, 0.15) is 11.1 Å². The molecule has 0 heterocycles. The standard InChI is InChI=1S/C17H19BrFNO2.C2H2O4/c1-21-16-9-13(15(18)10-17(16)22-2)11-20-8-7-12-3-5-14(19)6-4-12;3-1(4)2(5)6/h3-6,9-10,20H,7-8,11H2,1-2H3;(H,3,4)(H,5,6). The molecule has 7 nitrogen and oxygen atoms in total. The molecule has 0 atom stereocenters. The molecule has 152 valence electrons. The molecule has 2 rings (SSSR count). The van der Waals surface area contributed by atoms with Crippen molar-refractivity contribution >= 4 is 27.9 Å². The number of nitrogens with one attached hydrogen (secondary N) is 1. The number of methoxy groups -OCH3 is 2. The van der Waals surface area contributed by atoms with Gasteiger partial charge in [0.25, 0.3) is 0 Å². The summed E-state index contributed by atoms with van der Waals surface area (Å²) in [7, 11) is 3.24. The van der Waals surface area contributed by atoms with Gasteiger partial charge in [-0.05, 0) is 48.4 Å². The van der Waals surface area contributed by atoms with E-state index in [0.29, 0.717) is 18.0 Å². The molecule has 0 bridgehead atoms. The second-order valence-corrected chi connectivity index (χ2v) is 6.32. The molecule has 2 aromatic rings. The van der Waals surface area contributed by atoms with E-state index < -0.39 is 11.9 Å². The van der Waals surface area contributed by atoms with E-state index in [1.165, 1.54) is 12.1 Å². The number of carbonyl (C=O) groups is 2. The van der Waals surface area contributed by atoms with Gasteiger partial charge in [0.2, 0.25) is 0 Å². The Morgan fingerprint density at radius 3 is 2.07 bits per heavy atom. The van der Waals surface area contributed by atoms with Crippen molar-refractivity contribution in [3.05, 3.63) is 57.8 Å². The van der Waals surface area contributed by atoms with E-state index in [9.17, 15) is 4.39 Å². The summed E-state index contributed by atoms with van der Waals surface area (Å²) in [5, 5.41) is 18.2. The SMILES string of the molecule is COc1cc(Br)c(CNCCc2ccc(F)cc2)cc1OC.O=C(O)C(=O)O. The Balaban J connectivity index is 0.000000568. The topological polar surface area (TPSA) is 105 Å². The van der Waals surface area contributed by atoms with E-state index in [0.717, 1.165) is 28.6 Å². The van der Waals surface area contributed by atoms with E-state index >= 15 is 0 Å². The van der Waals surface area contributed by atoms with Crippen LogP contribution < -0.4 is 14.8 Å². The lowest BCUT2D eigenvalue weighted by atomic mass is 10.1. The lowest BCUT2D eigenvalue weighted by molar-refractivity contribution is -0.159. The highest BCUT2D eigenvalue weighted by Gasteiger charge is 2.09. The van der Waals surface area contributed by atoms with Gasteiger partial charge in [0.15, 0.2) is 11.5 Å². The zero-order valence-corrected chi connectivity index (χ0v) is 17.0. The number of rotatable bonds is 7. The van der Waals surface area contributed by atoms with Gasteiger partial charge in [0.05, 0.1) is 14.2 Å². The molecule has 0 saturated carbocycles. The smallest absolute Gasteiger partial charge is 0.414 e. The molecule has 9 heteroatoms. The lowest BCUT2D eigenvalue weighted by Gasteiger charge is -2.12. The first-order valence-corrected chi connectivity index (χ1v) is 8.89. The maximum absolute atomic E-state index is 12.8. The molecule has 28 heavy (non-hydrogen) atoms. The highest BCUT2D eigenvalue weighted by Crippen LogP contribution is 2.33. The average molecular weight is 458 g/mol. The molecular weight excluding hydrogens is 437 g/mol. The normalized spacial score (nSPS) is 9.86. The number of ether oxygens (including phenoxy) is 2. The minimum absolute atomic E-state index is 0.203. The first kappa shape index (κ1) is 23.4. The van der Waals surface area contributed by atoms with Crippen molar-refractivity contribution < 1.29 is 33.7 Å². The number of hydrogen-bond donors (Lipinski definition) is 3. The Morgan fingerprint density at radius 1 is 1.04 bits per heavy atom. The van der Waals surface area contributed by atoms with Crippen molar-refractivity contribution in [3.63, 3.8) is 0 Å². The summed E-state index contributed by atoms with van der Waals surface area (Å²) < 4.78 is 24.4. The summed E-state index contributed by atoms with van der Waals surface area (Å²) in [6, 6.07) is 10.4. The van der Waals surface area contributed by atoms with Gasteiger partial charge in [-0.1, -0.05) is 28.1 Å². The summed E-state index contributed by atoms with van der Waals surface area (Å²) in [6.07, 6.45) is 0.852. The number of hydrogen-bond acceptors (Lipinski definition) is 5. The summed E-state index contributed by atoms with van der Waals surface area (Å²) in [5.41, 5.74) is 2.21. The number of carboxylic acids is 2. The third-order valence-corrected chi connectivity index (χ3v) is 4.29. The molecule has 0 spiro atoms. The van der Waals surface area contributed by atoms with Crippen LogP contribution in [-0.4, -0.2) is 42.9 Å². The van der Waals surface area contributed by atoms with Gasteiger partial charge < -0.3 is 25.0 Å². The van der Waals surface area contributed by atoms with Gasteiger partial charge in [0.1, 0.15) is 5.82 Å². The molecule has 0 radical (unpaired) electrons. The van der Waals surface area contributed by atoms with Crippen LogP contribution in [0.2, 0.25) is 0 Å². The Hall–Kier alpha value is -2.65. The molecular formula is C19H21BrFNO6. The Kier molecular flexibility index (Phi) is 9.97. The summed E-state index contributed by atoms with van der Waals surface area (Å²) in [4.78, 5) is 18.2. The minimum Gasteiger partial charge on any atom is -0.493 e. The van der Waals surface area contributed by atoms with Gasteiger partial charge in [-0.3, -0.25) is 0 Å². The predicted molar refractivity (Wildman–Crippen MR) is 104 cm³/mol. The monoisotopic (exact) mass is 457 g/mol. The Bertz CT molecular complexity index is 786. The molecule has 0 aliphatic rings. The number of carboxylic acid groups (broad SMARTS) is 2. The largest absolute Gasteiger partial charge is 0.493 e. The fourth-order valence-electron chi connectivity index (χ4n) is 2.14. The second-order valence-electron chi connectivity index (χ2n) is 5.46. The van der Waals surface area contributed by atoms with Crippen LogP contribution in [0, 0.1) is 5.82 Å². The zero-order valence-electron chi connectivity index (χ0n) is 15.4. The van der Waals surface area contributed by atoms with Crippen LogP contribution in [0.5, 0.6) is 11.5 Å². The van der Waals surface area contributed by atoms with Gasteiger partial charge in [-0.15, -0.1) is 0 Å². The second kappa shape index (κ2) is 11.9. The van der Waals surface area contributed by atoms with Gasteiger partial charge >= 0.3 is 11.9 Å². The third kappa shape index (κ3) is 7.93. The minimum atomic E-state index is -1.82. The van der Waals surface area contributed by atoms with E-state index in [2.05, 4.69) is 21.2 Å². The van der Waals surface area contributed by atoms with E-state index in [1.807, 2.05) is 24.3 Å². The predicted octanol–water partition coefficient (Wildman–Crippen LogP) is 3.09. The maximum atomic E-state index is 12.8. The van der Waals surface area contributed by atoms with Gasteiger partial charge in [-0.2, -0.15) is 0 Å². The quantitative estimate of drug-likeness (QED) is 0.433. The fourth-order valence-corrected chi connectivity index (χ4v) is 2.60. The fraction of sp³-hybridized carbons (Fsp3) is 0.263. The van der Waals surface area contributed by atoms with Crippen molar-refractivity contribution in [2.45, 2.75) is 13.0 Å². The summed E-state index contributed by atoms with van der Waals surface area (Å²) in [5.74, 6) is -2.44. The van der Waals surface area contributed by atoms with Crippen LogP contribution in [0.25, 0.3) is 0 Å². The lowest BCUT2D eigenvalue weighted by Crippen LogP contribution is -2.17. The first-order chi connectivity index (χ1) is 13.3. The van der Waals surface area contributed by atoms with Crippen LogP contribution in [0.4, 0.5) is 4.39 Å². The molecule has 0 fully saturated rings. The van der Waals surface area contributed by atoms with Crippen molar-refractivity contribution in [1.29, 1.82) is 0 Å². The molecule has 3 N–H and O–H groups in total. The molecule has 0 aromatic heterocycles. The summed E-state index contributed by atoms with van der Waals surface area (Å²) >= 11 is 3.54. The van der Waals surface area contributed by atoms with Crippen LogP contribution >= 0.6 is 15.9 Å².